The molecule has 0 bridgehead atoms. The second-order valence-corrected chi connectivity index (χ2v) is 3.01. The van der Waals surface area contributed by atoms with Crippen LogP contribution in [0.1, 0.15) is 5.56 Å². The summed E-state index contributed by atoms with van der Waals surface area (Å²) in [6, 6.07) is 7.19. The number of hydrogen-bond acceptors (Lipinski definition) is 3. The van der Waals surface area contributed by atoms with Gasteiger partial charge < -0.3 is 10.5 Å². The van der Waals surface area contributed by atoms with Crippen LogP contribution in [-0.2, 0) is 11.3 Å². The zero-order chi connectivity index (χ0) is 9.26. The molecule has 68 valence electrons. The van der Waals surface area contributed by atoms with Crippen molar-refractivity contribution in [2.24, 2.45) is 0 Å². The topological polar surface area (TPSA) is 56.6 Å². The number of carbonyl (C=O) groups excluding carboxylic acids is 1. The SMILES string of the molecule is O=C1CNCc2ccccc2[NH+]1[O-]. The average molecular weight is 178 g/mol. The molecule has 2 rings (SSSR count). The first-order valence-corrected chi connectivity index (χ1v) is 4.15. The molecule has 13 heavy (non-hydrogen) atoms. The highest BCUT2D eigenvalue weighted by atomic mass is 16.5. The normalized spacial score (nSPS) is 22.2. The molecule has 1 atom stereocenters. The van der Waals surface area contributed by atoms with E-state index < -0.39 is 0 Å². The van der Waals surface area contributed by atoms with Gasteiger partial charge in [0.1, 0.15) is 12.2 Å². The molecule has 1 unspecified atom stereocenters. The molecule has 4 nitrogen and oxygen atoms in total. The van der Waals surface area contributed by atoms with E-state index in [0.29, 0.717) is 12.2 Å². The van der Waals surface area contributed by atoms with Crippen molar-refractivity contribution in [2.75, 3.05) is 6.54 Å². The quantitative estimate of drug-likeness (QED) is 0.518. The third kappa shape index (κ3) is 1.47. The van der Waals surface area contributed by atoms with Crippen LogP contribution in [0.25, 0.3) is 0 Å². The predicted molar refractivity (Wildman–Crippen MR) is 47.1 cm³/mol. The lowest BCUT2D eigenvalue weighted by molar-refractivity contribution is -0.688. The first-order valence-electron chi connectivity index (χ1n) is 4.15. The van der Waals surface area contributed by atoms with E-state index in [-0.39, 0.29) is 17.5 Å². The second-order valence-electron chi connectivity index (χ2n) is 3.01. The Labute approximate surface area is 75.7 Å². The summed E-state index contributed by atoms with van der Waals surface area (Å²) < 4.78 is 0. The van der Waals surface area contributed by atoms with Gasteiger partial charge in [-0.15, -0.1) is 0 Å². The lowest BCUT2D eigenvalue weighted by Gasteiger charge is -2.17. The molecule has 1 aromatic rings. The minimum atomic E-state index is -0.374. The van der Waals surface area contributed by atoms with E-state index in [0.717, 1.165) is 5.56 Å². The number of fused-ring (bicyclic) bond motifs is 1. The fourth-order valence-electron chi connectivity index (χ4n) is 1.44. The van der Waals surface area contributed by atoms with Crippen molar-refractivity contribution in [3.63, 3.8) is 0 Å². The summed E-state index contributed by atoms with van der Waals surface area (Å²) in [6.07, 6.45) is 0. The zero-order valence-corrected chi connectivity index (χ0v) is 7.04. The average Bonchev–Trinajstić information content (AvgIpc) is 2.29. The van der Waals surface area contributed by atoms with Crippen LogP contribution in [0.15, 0.2) is 24.3 Å². The highest BCUT2D eigenvalue weighted by Gasteiger charge is 2.20. The van der Waals surface area contributed by atoms with Crippen LogP contribution in [0.3, 0.4) is 0 Å². The van der Waals surface area contributed by atoms with Gasteiger partial charge in [-0.1, -0.05) is 18.2 Å². The molecule has 1 aliphatic heterocycles. The van der Waals surface area contributed by atoms with Gasteiger partial charge in [-0.3, -0.25) is 5.06 Å². The van der Waals surface area contributed by atoms with Crippen molar-refractivity contribution in [2.45, 2.75) is 6.54 Å². The molecule has 0 aliphatic carbocycles. The molecule has 0 saturated heterocycles. The number of amides is 1. The lowest BCUT2D eigenvalue weighted by Crippen LogP contribution is -3.05. The van der Waals surface area contributed by atoms with Gasteiger partial charge in [-0.2, -0.15) is 0 Å². The summed E-state index contributed by atoms with van der Waals surface area (Å²) in [5.74, 6) is -0.357. The van der Waals surface area contributed by atoms with E-state index >= 15 is 0 Å². The Bertz CT molecular complexity index is 338. The fourth-order valence-corrected chi connectivity index (χ4v) is 1.44. The van der Waals surface area contributed by atoms with Gasteiger partial charge in [0.25, 0.3) is 0 Å². The van der Waals surface area contributed by atoms with E-state index in [2.05, 4.69) is 5.32 Å². The molecular weight excluding hydrogens is 168 g/mol. The van der Waals surface area contributed by atoms with Crippen LogP contribution in [0.2, 0.25) is 0 Å². The van der Waals surface area contributed by atoms with E-state index in [1.54, 1.807) is 12.1 Å². The summed E-state index contributed by atoms with van der Waals surface area (Å²) >= 11 is 0. The Balaban J connectivity index is 2.46. The number of para-hydroxylation sites is 1. The number of rotatable bonds is 0. The molecule has 4 heteroatoms. The van der Waals surface area contributed by atoms with Crippen molar-refractivity contribution in [1.29, 1.82) is 0 Å². The minimum absolute atomic E-state index is 0.146. The number of hydrogen-bond donors (Lipinski definition) is 2. The summed E-state index contributed by atoms with van der Waals surface area (Å²) in [5.41, 5.74) is 1.44. The standard InChI is InChI=1S/C9H10N2O2/c12-9-6-10-5-7-3-1-2-4-8(7)11(9)13/h1-4,10-11H,5-6H2. The molecule has 2 N–H and O–H groups in total. The third-order valence-electron chi connectivity index (χ3n) is 2.12. The van der Waals surface area contributed by atoms with Gasteiger partial charge in [-0.05, 0) is 0 Å². The zero-order valence-electron chi connectivity index (χ0n) is 7.04. The van der Waals surface area contributed by atoms with Gasteiger partial charge in [0, 0.05) is 18.2 Å². The number of benzene rings is 1. The van der Waals surface area contributed by atoms with Gasteiger partial charge in [0.2, 0.25) is 0 Å². The number of carbonyl (C=O) groups is 1. The van der Waals surface area contributed by atoms with Crippen LogP contribution >= 0.6 is 0 Å². The van der Waals surface area contributed by atoms with Crippen LogP contribution in [0.5, 0.6) is 0 Å². The van der Waals surface area contributed by atoms with Crippen molar-refractivity contribution in [1.82, 2.24) is 5.32 Å². The van der Waals surface area contributed by atoms with Gasteiger partial charge in [-0.25, -0.2) is 4.79 Å². The van der Waals surface area contributed by atoms with E-state index in [1.807, 2.05) is 12.1 Å². The Hall–Kier alpha value is -1.23. The van der Waals surface area contributed by atoms with Crippen molar-refractivity contribution in [3.05, 3.63) is 35.0 Å². The first-order chi connectivity index (χ1) is 6.29. The van der Waals surface area contributed by atoms with Crippen molar-refractivity contribution >= 4 is 11.6 Å². The van der Waals surface area contributed by atoms with Crippen molar-refractivity contribution < 1.29 is 9.86 Å². The Morgan fingerprint density at radius 3 is 2.92 bits per heavy atom. The minimum Gasteiger partial charge on any atom is -0.621 e. The van der Waals surface area contributed by atoms with Crippen LogP contribution in [0.4, 0.5) is 5.69 Å². The predicted octanol–water partition coefficient (Wildman–Crippen LogP) is -0.669. The van der Waals surface area contributed by atoms with Crippen LogP contribution in [-0.4, -0.2) is 12.5 Å². The molecule has 0 aromatic heterocycles. The number of nitrogens with one attached hydrogen (secondary N) is 2. The molecule has 1 aromatic carbocycles. The molecule has 0 saturated carbocycles. The highest BCUT2D eigenvalue weighted by Crippen LogP contribution is 2.10. The van der Waals surface area contributed by atoms with E-state index in [4.69, 9.17) is 0 Å². The Morgan fingerprint density at radius 1 is 1.31 bits per heavy atom. The summed E-state index contributed by atoms with van der Waals surface area (Å²) in [5, 5.41) is 14.0. The molecule has 1 heterocycles. The second kappa shape index (κ2) is 3.26. The van der Waals surface area contributed by atoms with Crippen molar-refractivity contribution in [3.8, 4) is 0 Å². The first kappa shape index (κ1) is 8.37. The largest absolute Gasteiger partial charge is 0.621 e. The maximum Gasteiger partial charge on any atom is 0.330 e. The van der Waals surface area contributed by atoms with Gasteiger partial charge in [0.15, 0.2) is 0 Å². The highest BCUT2D eigenvalue weighted by molar-refractivity contribution is 5.73. The molecule has 0 spiro atoms. The molecule has 0 fully saturated rings. The molecule has 1 amide bonds. The van der Waals surface area contributed by atoms with E-state index in [1.165, 1.54) is 0 Å². The van der Waals surface area contributed by atoms with Crippen LogP contribution < -0.4 is 10.4 Å². The molecule has 0 radical (unpaired) electrons. The smallest absolute Gasteiger partial charge is 0.330 e. The monoisotopic (exact) mass is 178 g/mol. The molecule has 1 aliphatic rings. The number of quaternary nitrogens is 1. The summed E-state index contributed by atoms with van der Waals surface area (Å²) in [4.78, 5) is 11.2. The van der Waals surface area contributed by atoms with Gasteiger partial charge in [0.05, 0.1) is 0 Å². The Morgan fingerprint density at radius 2 is 2.08 bits per heavy atom. The number of hydroxylamine groups is 1. The summed E-state index contributed by atoms with van der Waals surface area (Å²) in [7, 11) is 0. The summed E-state index contributed by atoms with van der Waals surface area (Å²) in [6.45, 7) is 0.737. The van der Waals surface area contributed by atoms with Crippen LogP contribution in [0, 0.1) is 5.21 Å². The fraction of sp³-hybridized carbons (Fsp3) is 0.222. The molecular formula is C9H10N2O2. The van der Waals surface area contributed by atoms with Gasteiger partial charge >= 0.3 is 5.91 Å². The Kier molecular flexibility index (Phi) is 2.10. The van der Waals surface area contributed by atoms with E-state index in [9.17, 15) is 10.0 Å². The third-order valence-corrected chi connectivity index (χ3v) is 2.12. The maximum atomic E-state index is 11.4. The lowest BCUT2D eigenvalue weighted by atomic mass is 10.2. The maximum absolute atomic E-state index is 11.4.